The van der Waals surface area contributed by atoms with E-state index in [2.05, 4.69) is 17.3 Å². The smallest absolute Gasteiger partial charge is 0.410 e. The summed E-state index contributed by atoms with van der Waals surface area (Å²) >= 11 is 0. The Morgan fingerprint density at radius 3 is 2.74 bits per heavy atom. The van der Waals surface area contributed by atoms with E-state index in [0.717, 1.165) is 13.1 Å². The summed E-state index contributed by atoms with van der Waals surface area (Å²) < 4.78 is 5.31. The van der Waals surface area contributed by atoms with E-state index < -0.39 is 5.60 Å². The zero-order valence-electron chi connectivity index (χ0n) is 13.0. The van der Waals surface area contributed by atoms with Gasteiger partial charge in [-0.25, -0.2) is 4.79 Å². The van der Waals surface area contributed by atoms with Crippen LogP contribution in [-0.2, 0) is 4.74 Å². The molecule has 19 heavy (non-hydrogen) atoms. The zero-order chi connectivity index (χ0) is 14.5. The molecule has 0 spiro atoms. The van der Waals surface area contributed by atoms with Crippen LogP contribution in [-0.4, -0.2) is 67.8 Å². The van der Waals surface area contributed by atoms with Crippen LogP contribution < -0.4 is 5.32 Å². The highest BCUT2D eigenvalue weighted by Gasteiger charge is 2.20. The van der Waals surface area contributed by atoms with Crippen molar-refractivity contribution in [3.8, 4) is 0 Å². The standard InChI is InChI=1S/C14H29N3O2/c1-14(2,3)19-13(18)17(5)10-8-15-12-7-6-9-16(4)11-12/h12,15H,6-11H2,1-5H3. The van der Waals surface area contributed by atoms with Gasteiger partial charge in [-0.1, -0.05) is 0 Å². The van der Waals surface area contributed by atoms with E-state index in [9.17, 15) is 4.79 Å². The van der Waals surface area contributed by atoms with Crippen LogP contribution in [0.3, 0.4) is 0 Å². The van der Waals surface area contributed by atoms with E-state index in [1.807, 2.05) is 20.8 Å². The van der Waals surface area contributed by atoms with Crippen LogP contribution >= 0.6 is 0 Å². The summed E-state index contributed by atoms with van der Waals surface area (Å²) in [5.41, 5.74) is -0.426. The van der Waals surface area contributed by atoms with Crippen molar-refractivity contribution in [3.63, 3.8) is 0 Å². The predicted octanol–water partition coefficient (Wildman–Crippen LogP) is 1.54. The fraction of sp³-hybridized carbons (Fsp3) is 0.929. The molecule has 5 nitrogen and oxygen atoms in total. The van der Waals surface area contributed by atoms with Gasteiger partial charge in [0.15, 0.2) is 0 Å². The van der Waals surface area contributed by atoms with Gasteiger partial charge in [-0.3, -0.25) is 0 Å². The third kappa shape index (κ3) is 6.78. The number of nitrogens with one attached hydrogen (secondary N) is 1. The minimum Gasteiger partial charge on any atom is -0.444 e. The van der Waals surface area contributed by atoms with E-state index in [1.165, 1.54) is 19.4 Å². The van der Waals surface area contributed by atoms with Gasteiger partial charge in [0.1, 0.15) is 5.60 Å². The van der Waals surface area contributed by atoms with E-state index in [0.29, 0.717) is 12.6 Å². The van der Waals surface area contributed by atoms with Crippen LogP contribution in [0.25, 0.3) is 0 Å². The number of piperidine rings is 1. The highest BCUT2D eigenvalue weighted by atomic mass is 16.6. The molecule has 0 aromatic rings. The summed E-state index contributed by atoms with van der Waals surface area (Å²) in [5.74, 6) is 0. The lowest BCUT2D eigenvalue weighted by molar-refractivity contribution is 0.0298. The minimum absolute atomic E-state index is 0.255. The average Bonchev–Trinajstić information content (AvgIpc) is 2.26. The Morgan fingerprint density at radius 2 is 2.16 bits per heavy atom. The molecule has 0 aliphatic carbocycles. The van der Waals surface area contributed by atoms with Crippen LogP contribution in [0.5, 0.6) is 0 Å². The molecule has 1 saturated heterocycles. The first-order valence-corrected chi connectivity index (χ1v) is 7.14. The largest absolute Gasteiger partial charge is 0.444 e. The first-order chi connectivity index (χ1) is 8.78. The second-order valence-corrected chi connectivity index (χ2v) is 6.46. The number of ether oxygens (including phenoxy) is 1. The topological polar surface area (TPSA) is 44.8 Å². The lowest BCUT2D eigenvalue weighted by Gasteiger charge is -2.31. The summed E-state index contributed by atoms with van der Waals surface area (Å²) in [5, 5.41) is 3.51. The van der Waals surface area contributed by atoms with Gasteiger partial charge in [-0.05, 0) is 47.2 Å². The molecule has 1 aliphatic heterocycles. The first kappa shape index (κ1) is 16.2. The van der Waals surface area contributed by atoms with Crippen LogP contribution in [0.2, 0.25) is 0 Å². The second kappa shape index (κ2) is 7.10. The lowest BCUT2D eigenvalue weighted by atomic mass is 10.1. The molecule has 1 aliphatic rings. The van der Waals surface area contributed by atoms with Crippen LogP contribution in [0.1, 0.15) is 33.6 Å². The van der Waals surface area contributed by atoms with Crippen molar-refractivity contribution in [1.82, 2.24) is 15.1 Å². The molecule has 5 heteroatoms. The van der Waals surface area contributed by atoms with Crippen molar-refractivity contribution in [1.29, 1.82) is 0 Å². The molecule has 1 N–H and O–H groups in total. The van der Waals surface area contributed by atoms with E-state index >= 15 is 0 Å². The molecule has 112 valence electrons. The quantitative estimate of drug-likeness (QED) is 0.842. The Balaban J connectivity index is 2.19. The summed E-state index contributed by atoms with van der Waals surface area (Å²) in [6, 6.07) is 0.547. The minimum atomic E-state index is -0.426. The van der Waals surface area contributed by atoms with Crippen LogP contribution in [0.15, 0.2) is 0 Å². The third-order valence-corrected chi connectivity index (χ3v) is 3.21. The van der Waals surface area contributed by atoms with E-state index in [-0.39, 0.29) is 6.09 Å². The van der Waals surface area contributed by atoms with Gasteiger partial charge in [0.2, 0.25) is 0 Å². The number of likely N-dealkylation sites (N-methyl/N-ethyl adjacent to an activating group) is 2. The normalized spacial score (nSPS) is 21.2. The summed E-state index contributed by atoms with van der Waals surface area (Å²) in [6.45, 7) is 9.42. The second-order valence-electron chi connectivity index (χ2n) is 6.46. The van der Waals surface area contributed by atoms with Crippen molar-refractivity contribution >= 4 is 6.09 Å². The number of nitrogens with zero attached hydrogens (tertiary/aromatic N) is 2. The van der Waals surface area contributed by atoms with Gasteiger partial charge < -0.3 is 19.9 Å². The molecule has 1 atom stereocenters. The highest BCUT2D eigenvalue weighted by Crippen LogP contribution is 2.09. The molecule has 0 bridgehead atoms. The monoisotopic (exact) mass is 271 g/mol. The molecule has 0 aromatic carbocycles. The van der Waals surface area contributed by atoms with Crippen molar-refractivity contribution in [3.05, 3.63) is 0 Å². The molecular formula is C14H29N3O2. The van der Waals surface area contributed by atoms with Gasteiger partial charge in [0.25, 0.3) is 0 Å². The first-order valence-electron chi connectivity index (χ1n) is 7.14. The van der Waals surface area contributed by atoms with Gasteiger partial charge >= 0.3 is 6.09 Å². The Morgan fingerprint density at radius 1 is 1.47 bits per heavy atom. The molecule has 1 fully saturated rings. The number of likely N-dealkylation sites (tertiary alicyclic amines) is 1. The number of rotatable bonds is 4. The Kier molecular flexibility index (Phi) is 6.07. The van der Waals surface area contributed by atoms with Crippen molar-refractivity contribution in [2.45, 2.75) is 45.3 Å². The zero-order valence-corrected chi connectivity index (χ0v) is 13.0. The van der Waals surface area contributed by atoms with Gasteiger partial charge in [-0.2, -0.15) is 0 Å². The Labute approximate surface area is 117 Å². The summed E-state index contributed by atoms with van der Waals surface area (Å²) in [4.78, 5) is 15.7. The molecule has 0 saturated carbocycles. The van der Waals surface area contributed by atoms with Gasteiger partial charge in [0, 0.05) is 32.7 Å². The number of hydrogen-bond donors (Lipinski definition) is 1. The van der Waals surface area contributed by atoms with Crippen molar-refractivity contribution < 1.29 is 9.53 Å². The van der Waals surface area contributed by atoms with Crippen LogP contribution in [0.4, 0.5) is 4.79 Å². The molecular weight excluding hydrogens is 242 g/mol. The number of carbonyl (C=O) groups excluding carboxylic acids is 1. The van der Waals surface area contributed by atoms with Crippen LogP contribution in [0, 0.1) is 0 Å². The predicted molar refractivity (Wildman–Crippen MR) is 77.4 cm³/mol. The van der Waals surface area contributed by atoms with Crippen molar-refractivity contribution in [2.75, 3.05) is 40.3 Å². The maximum atomic E-state index is 11.8. The number of amides is 1. The molecule has 0 aromatic heterocycles. The molecule has 1 amide bonds. The third-order valence-electron chi connectivity index (χ3n) is 3.21. The molecule has 1 unspecified atom stereocenters. The van der Waals surface area contributed by atoms with Crippen molar-refractivity contribution in [2.24, 2.45) is 0 Å². The maximum Gasteiger partial charge on any atom is 0.410 e. The van der Waals surface area contributed by atoms with Gasteiger partial charge in [-0.15, -0.1) is 0 Å². The van der Waals surface area contributed by atoms with E-state index in [1.54, 1.807) is 11.9 Å². The Hall–Kier alpha value is -0.810. The molecule has 1 heterocycles. The lowest BCUT2D eigenvalue weighted by Crippen LogP contribution is -2.46. The molecule has 0 radical (unpaired) electrons. The summed E-state index contributed by atoms with van der Waals surface area (Å²) in [6.07, 6.45) is 2.21. The SMILES string of the molecule is CN1CCCC(NCCN(C)C(=O)OC(C)(C)C)C1. The highest BCUT2D eigenvalue weighted by molar-refractivity contribution is 5.67. The van der Waals surface area contributed by atoms with Gasteiger partial charge in [0.05, 0.1) is 0 Å². The fourth-order valence-corrected chi connectivity index (χ4v) is 2.20. The fourth-order valence-electron chi connectivity index (χ4n) is 2.20. The Bertz CT molecular complexity index is 289. The number of hydrogen-bond acceptors (Lipinski definition) is 4. The van der Waals surface area contributed by atoms with E-state index in [4.69, 9.17) is 4.74 Å². The number of carbonyl (C=O) groups is 1. The maximum absolute atomic E-state index is 11.8. The summed E-state index contributed by atoms with van der Waals surface area (Å²) in [7, 11) is 3.93. The molecule has 1 rings (SSSR count). The average molecular weight is 271 g/mol.